The van der Waals surface area contributed by atoms with Gasteiger partial charge in [0.1, 0.15) is 11.8 Å². The Balaban J connectivity index is 1.33. The van der Waals surface area contributed by atoms with Crippen molar-refractivity contribution in [3.05, 3.63) is 77.1 Å². The minimum Gasteiger partial charge on any atom is -0.467 e. The number of thioether (sulfide) groups is 1. The maximum Gasteiger partial charge on any atom is 0.253 e. The lowest BCUT2D eigenvalue weighted by Gasteiger charge is -2.19. The van der Waals surface area contributed by atoms with Crippen LogP contribution in [0.5, 0.6) is 0 Å². The van der Waals surface area contributed by atoms with Gasteiger partial charge in [0, 0.05) is 6.42 Å². The first-order valence-electron chi connectivity index (χ1n) is 9.76. The summed E-state index contributed by atoms with van der Waals surface area (Å²) in [4.78, 5) is 18.6. The summed E-state index contributed by atoms with van der Waals surface area (Å²) in [7, 11) is 0. The Morgan fingerprint density at radius 1 is 1.26 bits per heavy atom. The van der Waals surface area contributed by atoms with Crippen LogP contribution in [0.15, 0.2) is 74.8 Å². The van der Waals surface area contributed by atoms with Crippen LogP contribution in [-0.4, -0.2) is 37.6 Å². The fourth-order valence-electron chi connectivity index (χ4n) is 3.39. The van der Waals surface area contributed by atoms with Gasteiger partial charge in [-0.3, -0.25) is 9.89 Å². The fourth-order valence-corrected chi connectivity index (χ4v) is 4.70. The molecule has 9 heteroatoms. The monoisotopic (exact) mass is 449 g/mol. The summed E-state index contributed by atoms with van der Waals surface area (Å²) < 4.78 is 5.61. The van der Waals surface area contributed by atoms with Gasteiger partial charge in [0.2, 0.25) is 5.16 Å². The van der Waals surface area contributed by atoms with E-state index in [1.807, 2.05) is 48.7 Å². The predicted octanol–water partition coefficient (Wildman–Crippen LogP) is 4.90. The summed E-state index contributed by atoms with van der Waals surface area (Å²) in [5.41, 5.74) is 3.07. The number of nitrogens with zero attached hydrogens (tertiary/aromatic N) is 4. The van der Waals surface area contributed by atoms with Crippen LogP contribution >= 0.6 is 23.1 Å². The van der Waals surface area contributed by atoms with Crippen LogP contribution in [0.1, 0.15) is 29.3 Å². The first kappa shape index (κ1) is 19.8. The Labute approximate surface area is 187 Å². The first-order valence-corrected chi connectivity index (χ1v) is 11.6. The molecule has 1 aliphatic heterocycles. The van der Waals surface area contributed by atoms with Gasteiger partial charge >= 0.3 is 0 Å². The molecule has 4 heterocycles. The first-order chi connectivity index (χ1) is 15.2. The molecule has 31 heavy (non-hydrogen) atoms. The van der Waals surface area contributed by atoms with Gasteiger partial charge in [0.25, 0.3) is 5.91 Å². The van der Waals surface area contributed by atoms with E-state index >= 15 is 0 Å². The number of carbonyl (C=O) groups excluding carboxylic acids is 1. The van der Waals surface area contributed by atoms with Crippen LogP contribution in [0, 0.1) is 6.92 Å². The summed E-state index contributed by atoms with van der Waals surface area (Å²) in [5.74, 6) is 1.50. The number of furan rings is 1. The Bertz CT molecular complexity index is 1200. The minimum absolute atomic E-state index is 0.115. The van der Waals surface area contributed by atoms with Crippen molar-refractivity contribution in [2.24, 2.45) is 5.10 Å². The summed E-state index contributed by atoms with van der Waals surface area (Å²) in [6.45, 7) is 2.05. The standard InChI is InChI=1S/C22H19N5O2S2/c1-14-6-8-15(9-7-14)16-12-17(18-4-2-10-29-18)27(26-16)20(28)13-31-22-23-21(24-25-22)19-5-3-11-30-19/h2-11,17H,12-13H2,1H3,(H,23,24,25). The second-order valence-corrected chi connectivity index (χ2v) is 9.01. The molecule has 156 valence electrons. The van der Waals surface area contributed by atoms with Crippen LogP contribution < -0.4 is 0 Å². The predicted molar refractivity (Wildman–Crippen MR) is 121 cm³/mol. The number of benzene rings is 1. The van der Waals surface area contributed by atoms with Gasteiger partial charge in [-0.15, -0.1) is 16.4 Å². The number of hydrogen-bond donors (Lipinski definition) is 1. The number of nitrogens with one attached hydrogen (secondary N) is 1. The van der Waals surface area contributed by atoms with Crippen LogP contribution in [0.25, 0.3) is 10.7 Å². The maximum atomic E-state index is 13.1. The summed E-state index contributed by atoms with van der Waals surface area (Å²) >= 11 is 2.88. The third-order valence-electron chi connectivity index (χ3n) is 4.97. The van der Waals surface area contributed by atoms with Gasteiger partial charge in [-0.1, -0.05) is 47.7 Å². The third kappa shape index (κ3) is 4.19. The van der Waals surface area contributed by atoms with E-state index in [1.54, 1.807) is 17.6 Å². The Morgan fingerprint density at radius 2 is 2.13 bits per heavy atom. The molecule has 0 fully saturated rings. The van der Waals surface area contributed by atoms with Crippen LogP contribution in [0.2, 0.25) is 0 Å². The lowest BCUT2D eigenvalue weighted by atomic mass is 10.0. The van der Waals surface area contributed by atoms with Gasteiger partial charge < -0.3 is 4.42 Å². The molecule has 0 bridgehead atoms. The highest BCUT2D eigenvalue weighted by Gasteiger charge is 2.34. The quantitative estimate of drug-likeness (QED) is 0.423. The molecule has 3 aromatic heterocycles. The summed E-state index contributed by atoms with van der Waals surface area (Å²) in [6, 6.07) is 15.6. The molecule has 1 aromatic carbocycles. The number of thiophene rings is 1. The number of aromatic amines is 1. The molecule has 0 saturated carbocycles. The second kappa shape index (κ2) is 8.52. The maximum absolute atomic E-state index is 13.1. The van der Waals surface area contributed by atoms with Gasteiger partial charge in [-0.2, -0.15) is 5.10 Å². The molecule has 1 amide bonds. The van der Waals surface area contributed by atoms with Crippen molar-refractivity contribution in [2.75, 3.05) is 5.75 Å². The van der Waals surface area contributed by atoms with Gasteiger partial charge in [0.15, 0.2) is 5.82 Å². The number of carbonyl (C=O) groups is 1. The van der Waals surface area contributed by atoms with E-state index < -0.39 is 0 Å². The van der Waals surface area contributed by atoms with Crippen molar-refractivity contribution in [2.45, 2.75) is 24.5 Å². The van der Waals surface area contributed by atoms with Gasteiger partial charge in [-0.05, 0) is 36.1 Å². The highest BCUT2D eigenvalue weighted by molar-refractivity contribution is 7.99. The van der Waals surface area contributed by atoms with E-state index in [2.05, 4.69) is 32.4 Å². The lowest BCUT2D eigenvalue weighted by Crippen LogP contribution is -2.28. The molecule has 5 rings (SSSR count). The number of hydrazone groups is 1. The normalized spacial score (nSPS) is 16.0. The van der Waals surface area contributed by atoms with E-state index in [-0.39, 0.29) is 17.7 Å². The zero-order valence-electron chi connectivity index (χ0n) is 16.7. The highest BCUT2D eigenvalue weighted by atomic mass is 32.2. The molecule has 0 spiro atoms. The molecule has 1 aliphatic rings. The van der Waals surface area contributed by atoms with E-state index in [1.165, 1.54) is 22.3 Å². The Hall–Kier alpha value is -3.17. The van der Waals surface area contributed by atoms with Crippen molar-refractivity contribution < 1.29 is 9.21 Å². The van der Waals surface area contributed by atoms with Crippen molar-refractivity contribution in [1.82, 2.24) is 20.2 Å². The minimum atomic E-state index is -0.256. The van der Waals surface area contributed by atoms with E-state index in [9.17, 15) is 4.79 Å². The van der Waals surface area contributed by atoms with E-state index in [0.717, 1.165) is 21.9 Å². The molecule has 1 N–H and O–H groups in total. The number of hydrogen-bond acceptors (Lipinski definition) is 7. The van der Waals surface area contributed by atoms with Crippen molar-refractivity contribution in [3.63, 3.8) is 0 Å². The molecule has 0 radical (unpaired) electrons. The molecule has 1 atom stereocenters. The van der Waals surface area contributed by atoms with Gasteiger partial charge in [0.05, 0.1) is 22.6 Å². The second-order valence-electron chi connectivity index (χ2n) is 7.12. The summed E-state index contributed by atoms with van der Waals surface area (Å²) in [5, 5.41) is 15.9. The zero-order chi connectivity index (χ0) is 21.2. The summed E-state index contributed by atoms with van der Waals surface area (Å²) in [6.07, 6.45) is 2.23. The smallest absolute Gasteiger partial charge is 0.253 e. The molecule has 4 aromatic rings. The molecular weight excluding hydrogens is 430 g/mol. The molecular formula is C22H19N5O2S2. The number of amides is 1. The molecule has 7 nitrogen and oxygen atoms in total. The lowest BCUT2D eigenvalue weighted by molar-refractivity contribution is -0.130. The zero-order valence-corrected chi connectivity index (χ0v) is 18.3. The van der Waals surface area contributed by atoms with Crippen LogP contribution in [-0.2, 0) is 4.79 Å². The molecule has 0 aliphatic carbocycles. The average Bonchev–Trinajstić information content (AvgIpc) is 3.58. The van der Waals surface area contributed by atoms with Crippen LogP contribution in [0.3, 0.4) is 0 Å². The number of aryl methyl sites for hydroxylation is 1. The third-order valence-corrected chi connectivity index (χ3v) is 6.68. The fraction of sp³-hybridized carbons (Fsp3) is 0.182. The molecule has 1 unspecified atom stereocenters. The van der Waals surface area contributed by atoms with Crippen molar-refractivity contribution in [1.29, 1.82) is 0 Å². The van der Waals surface area contributed by atoms with E-state index in [4.69, 9.17) is 4.42 Å². The topological polar surface area (TPSA) is 87.4 Å². The SMILES string of the molecule is Cc1ccc(C2=NN(C(=O)CSc3n[nH]c(-c4cccs4)n3)C(c3ccco3)C2)cc1. The van der Waals surface area contributed by atoms with E-state index in [0.29, 0.717) is 17.4 Å². The van der Waals surface area contributed by atoms with Crippen LogP contribution in [0.4, 0.5) is 0 Å². The van der Waals surface area contributed by atoms with Crippen molar-refractivity contribution in [3.8, 4) is 10.7 Å². The highest BCUT2D eigenvalue weighted by Crippen LogP contribution is 2.34. The van der Waals surface area contributed by atoms with Gasteiger partial charge in [-0.25, -0.2) is 9.99 Å². The number of H-pyrrole nitrogens is 1. The molecule has 0 saturated heterocycles. The Morgan fingerprint density at radius 3 is 2.87 bits per heavy atom. The van der Waals surface area contributed by atoms with Crippen molar-refractivity contribution >= 4 is 34.7 Å². The number of rotatable bonds is 6. The Kier molecular flexibility index (Phi) is 5.44. The number of aromatic nitrogens is 3. The largest absolute Gasteiger partial charge is 0.467 e. The average molecular weight is 450 g/mol.